The summed E-state index contributed by atoms with van der Waals surface area (Å²) in [5, 5.41) is 6.51. The average Bonchev–Trinajstić information content (AvgIpc) is 2.94. The van der Waals surface area contributed by atoms with Gasteiger partial charge in [-0.1, -0.05) is 18.9 Å². The first-order valence-corrected chi connectivity index (χ1v) is 11.1. The number of amides is 1. The van der Waals surface area contributed by atoms with E-state index in [4.69, 9.17) is 4.98 Å². The van der Waals surface area contributed by atoms with E-state index in [2.05, 4.69) is 37.6 Å². The minimum atomic E-state index is 0. The predicted octanol–water partition coefficient (Wildman–Crippen LogP) is 2.76. The van der Waals surface area contributed by atoms with Crippen molar-refractivity contribution in [2.24, 2.45) is 10.4 Å². The quantitative estimate of drug-likeness (QED) is 0.360. The number of hydrogen-bond donors (Lipinski definition) is 2. The van der Waals surface area contributed by atoms with Crippen LogP contribution in [0.25, 0.3) is 0 Å². The van der Waals surface area contributed by atoms with E-state index in [1.165, 1.54) is 25.7 Å². The van der Waals surface area contributed by atoms with Crippen LogP contribution >= 0.6 is 24.0 Å². The van der Waals surface area contributed by atoms with Crippen LogP contribution in [0, 0.1) is 5.41 Å². The molecule has 4 heterocycles. The zero-order valence-corrected chi connectivity index (χ0v) is 20.4. The molecule has 1 atom stereocenters. The van der Waals surface area contributed by atoms with Crippen molar-refractivity contribution in [3.63, 3.8) is 0 Å². The molecule has 3 aliphatic heterocycles. The zero-order valence-electron chi connectivity index (χ0n) is 18.0. The third kappa shape index (κ3) is 5.56. The zero-order chi connectivity index (χ0) is 20.1. The Kier molecular flexibility index (Phi) is 8.19. The van der Waals surface area contributed by atoms with Crippen LogP contribution in [0.3, 0.4) is 0 Å². The lowest BCUT2D eigenvalue weighted by Gasteiger charge is -2.40. The number of rotatable bonds is 3. The van der Waals surface area contributed by atoms with Gasteiger partial charge in [0.15, 0.2) is 5.96 Å². The van der Waals surface area contributed by atoms with E-state index in [9.17, 15) is 4.79 Å². The fourth-order valence-corrected chi connectivity index (χ4v) is 4.95. The first-order valence-electron chi connectivity index (χ1n) is 11.1. The number of nitrogens with zero attached hydrogens (tertiary/aromatic N) is 4. The Morgan fingerprint density at radius 1 is 1.20 bits per heavy atom. The molecule has 3 saturated heterocycles. The number of halogens is 1. The minimum absolute atomic E-state index is 0. The third-order valence-corrected chi connectivity index (χ3v) is 6.56. The molecule has 2 N–H and O–H groups in total. The summed E-state index contributed by atoms with van der Waals surface area (Å²) >= 11 is 0. The molecule has 4 rings (SSSR count). The number of nitrogens with one attached hydrogen (secondary N) is 2. The molecule has 30 heavy (non-hydrogen) atoms. The molecular weight excluding hydrogens is 491 g/mol. The summed E-state index contributed by atoms with van der Waals surface area (Å²) < 4.78 is 0. The number of pyridine rings is 1. The van der Waals surface area contributed by atoms with Crippen molar-refractivity contribution >= 4 is 41.7 Å². The summed E-state index contributed by atoms with van der Waals surface area (Å²) in [6, 6.07) is 4.32. The van der Waals surface area contributed by atoms with Crippen LogP contribution in [0.4, 0.5) is 5.82 Å². The van der Waals surface area contributed by atoms with E-state index in [0.29, 0.717) is 13.0 Å². The van der Waals surface area contributed by atoms with Crippen LogP contribution in [0.1, 0.15) is 50.5 Å². The Bertz CT molecular complexity index is 732. The second-order valence-electron chi connectivity index (χ2n) is 8.81. The fourth-order valence-electron chi connectivity index (χ4n) is 4.95. The van der Waals surface area contributed by atoms with Gasteiger partial charge in [-0.15, -0.1) is 24.0 Å². The maximum Gasteiger partial charge on any atom is 0.220 e. The highest BCUT2D eigenvalue weighted by Gasteiger charge is 2.42. The summed E-state index contributed by atoms with van der Waals surface area (Å²) in [6.45, 7) is 5.61. The SMILES string of the molecule is CN=C(NCc1ccc(N2CCCCCC2)nc1)N1CCCC2(CNC(=O)C2)C1.I. The van der Waals surface area contributed by atoms with Crippen molar-refractivity contribution in [2.45, 2.75) is 51.5 Å². The number of aliphatic imine (C=N–C) groups is 1. The van der Waals surface area contributed by atoms with Crippen molar-refractivity contribution in [1.82, 2.24) is 20.5 Å². The monoisotopic (exact) mass is 526 g/mol. The lowest BCUT2D eigenvalue weighted by atomic mass is 9.79. The van der Waals surface area contributed by atoms with E-state index >= 15 is 0 Å². The predicted molar refractivity (Wildman–Crippen MR) is 131 cm³/mol. The molecule has 3 aliphatic rings. The molecule has 1 amide bonds. The smallest absolute Gasteiger partial charge is 0.220 e. The molecular formula is C22H35IN6O. The third-order valence-electron chi connectivity index (χ3n) is 6.56. The molecule has 1 unspecified atom stereocenters. The molecule has 0 aliphatic carbocycles. The van der Waals surface area contributed by atoms with E-state index in [1.807, 2.05) is 13.2 Å². The minimum Gasteiger partial charge on any atom is -0.357 e. The average molecular weight is 526 g/mol. The summed E-state index contributed by atoms with van der Waals surface area (Å²) in [5.74, 6) is 2.20. The van der Waals surface area contributed by atoms with Gasteiger partial charge in [0.05, 0.1) is 0 Å². The molecule has 166 valence electrons. The summed E-state index contributed by atoms with van der Waals surface area (Å²) in [7, 11) is 1.84. The second kappa shape index (κ2) is 10.6. The molecule has 1 aromatic rings. The molecule has 0 radical (unpaired) electrons. The fraction of sp³-hybridized carbons (Fsp3) is 0.682. The lowest BCUT2D eigenvalue weighted by molar-refractivity contribution is -0.119. The first-order chi connectivity index (χ1) is 14.2. The first kappa shape index (κ1) is 23.1. The van der Waals surface area contributed by atoms with Crippen LogP contribution in [0.2, 0.25) is 0 Å². The van der Waals surface area contributed by atoms with Gasteiger partial charge >= 0.3 is 0 Å². The Hall–Kier alpha value is -1.58. The largest absolute Gasteiger partial charge is 0.357 e. The van der Waals surface area contributed by atoms with Crippen molar-refractivity contribution < 1.29 is 4.79 Å². The van der Waals surface area contributed by atoms with Crippen LogP contribution in [-0.4, -0.2) is 61.5 Å². The van der Waals surface area contributed by atoms with Gasteiger partial charge in [0.1, 0.15) is 5.82 Å². The van der Waals surface area contributed by atoms with Gasteiger partial charge < -0.3 is 20.4 Å². The van der Waals surface area contributed by atoms with Gasteiger partial charge in [0.2, 0.25) is 5.91 Å². The van der Waals surface area contributed by atoms with E-state index in [1.54, 1.807) is 0 Å². The highest BCUT2D eigenvalue weighted by atomic mass is 127. The maximum atomic E-state index is 11.7. The van der Waals surface area contributed by atoms with Crippen LogP contribution in [-0.2, 0) is 11.3 Å². The summed E-state index contributed by atoms with van der Waals surface area (Å²) in [6.07, 6.45) is 10.0. The highest BCUT2D eigenvalue weighted by Crippen LogP contribution is 2.36. The van der Waals surface area contributed by atoms with Gasteiger partial charge in [-0.25, -0.2) is 4.98 Å². The van der Waals surface area contributed by atoms with Crippen molar-refractivity contribution in [2.75, 3.05) is 44.7 Å². The van der Waals surface area contributed by atoms with E-state index in [-0.39, 0.29) is 35.3 Å². The van der Waals surface area contributed by atoms with Crippen LogP contribution in [0.5, 0.6) is 0 Å². The van der Waals surface area contributed by atoms with Gasteiger partial charge in [0, 0.05) is 64.3 Å². The van der Waals surface area contributed by atoms with Crippen molar-refractivity contribution in [1.29, 1.82) is 0 Å². The van der Waals surface area contributed by atoms with Crippen LogP contribution < -0.4 is 15.5 Å². The molecule has 7 nitrogen and oxygen atoms in total. The number of carbonyl (C=O) groups is 1. The Morgan fingerprint density at radius 3 is 2.63 bits per heavy atom. The highest BCUT2D eigenvalue weighted by molar-refractivity contribution is 14.0. The number of guanidine groups is 1. The molecule has 1 spiro atoms. The number of carbonyl (C=O) groups excluding carboxylic acids is 1. The van der Waals surface area contributed by atoms with E-state index < -0.39 is 0 Å². The molecule has 0 saturated carbocycles. The van der Waals surface area contributed by atoms with E-state index in [0.717, 1.165) is 62.9 Å². The molecule has 0 bridgehead atoms. The maximum absolute atomic E-state index is 11.7. The number of likely N-dealkylation sites (tertiary alicyclic amines) is 1. The molecule has 0 aromatic carbocycles. The van der Waals surface area contributed by atoms with Crippen molar-refractivity contribution in [3.8, 4) is 0 Å². The molecule has 8 heteroatoms. The lowest BCUT2D eigenvalue weighted by Crippen LogP contribution is -2.51. The van der Waals surface area contributed by atoms with Gasteiger partial charge in [0.25, 0.3) is 0 Å². The number of hydrogen-bond acceptors (Lipinski definition) is 4. The summed E-state index contributed by atoms with van der Waals surface area (Å²) in [4.78, 5) is 25.7. The van der Waals surface area contributed by atoms with Gasteiger partial charge in [-0.3, -0.25) is 9.79 Å². The van der Waals surface area contributed by atoms with Crippen LogP contribution in [0.15, 0.2) is 23.3 Å². The normalized spacial score (nSPS) is 25.0. The topological polar surface area (TPSA) is 72.9 Å². The molecule has 3 fully saturated rings. The van der Waals surface area contributed by atoms with Crippen molar-refractivity contribution in [3.05, 3.63) is 23.9 Å². The Morgan fingerprint density at radius 2 is 2.00 bits per heavy atom. The Balaban J connectivity index is 0.00000256. The number of anilines is 1. The van der Waals surface area contributed by atoms with Gasteiger partial charge in [-0.05, 0) is 37.3 Å². The molecule has 1 aromatic heterocycles. The number of aromatic nitrogens is 1. The standard InChI is InChI=1S/C22H34N6O.HI/c1-23-21(28-12-6-9-22(17-28)13-20(29)26-16-22)25-15-18-7-8-19(24-14-18)27-10-4-2-3-5-11-27;/h7-8,14H,2-6,9-13,15-17H2,1H3,(H,23,25)(H,26,29);1H. The van der Waals surface area contributed by atoms with Gasteiger partial charge in [-0.2, -0.15) is 0 Å². The number of piperidine rings is 1. The summed E-state index contributed by atoms with van der Waals surface area (Å²) in [5.41, 5.74) is 1.23. The Labute approximate surface area is 197 Å². The second-order valence-corrected chi connectivity index (χ2v) is 8.81.